The van der Waals surface area contributed by atoms with Gasteiger partial charge in [0.1, 0.15) is 42.7 Å². The molecular weight excluding hydrogens is 664 g/mol. The van der Waals surface area contributed by atoms with E-state index in [4.69, 9.17) is 18.9 Å². The molecule has 2 heterocycles. The lowest BCUT2D eigenvalue weighted by Gasteiger charge is -2.76. The fourth-order valence-corrected chi connectivity index (χ4v) is 14.9. The van der Waals surface area contributed by atoms with Crippen LogP contribution in [-0.2, 0) is 18.9 Å². The molecule has 7 fully saturated rings. The topological polar surface area (TPSA) is 158 Å². The number of ether oxygens (including phenoxy) is 4. The van der Waals surface area contributed by atoms with Gasteiger partial charge in [0.2, 0.25) is 0 Å². The van der Waals surface area contributed by atoms with Crippen LogP contribution in [-0.4, -0.2) is 105 Å². The van der Waals surface area contributed by atoms with Crippen molar-refractivity contribution < 1.29 is 49.6 Å². The van der Waals surface area contributed by atoms with Crippen molar-refractivity contribution in [3.63, 3.8) is 0 Å². The molecule has 298 valence electrons. The number of aliphatic hydroxyl groups excluding tert-OH is 6. The van der Waals surface area contributed by atoms with Crippen molar-refractivity contribution in [1.29, 1.82) is 0 Å². The lowest BCUT2D eigenvalue weighted by molar-refractivity contribution is -0.361. The van der Waals surface area contributed by atoms with E-state index in [2.05, 4.69) is 62.0 Å². The van der Waals surface area contributed by atoms with Crippen LogP contribution in [0.3, 0.4) is 0 Å². The minimum absolute atomic E-state index is 0.127. The summed E-state index contributed by atoms with van der Waals surface area (Å²) in [6.07, 6.45) is -0.739. The van der Waals surface area contributed by atoms with Gasteiger partial charge in [-0.25, -0.2) is 0 Å². The first-order valence-electron chi connectivity index (χ1n) is 20.4. The molecule has 5 aliphatic carbocycles. The van der Waals surface area contributed by atoms with Crippen LogP contribution in [0.5, 0.6) is 0 Å². The average molecular weight is 735 g/mol. The zero-order valence-corrected chi connectivity index (χ0v) is 33.1. The molecule has 19 atom stereocenters. The van der Waals surface area contributed by atoms with Crippen molar-refractivity contribution in [1.82, 2.24) is 0 Å². The third-order valence-electron chi connectivity index (χ3n) is 18.0. The Morgan fingerprint density at radius 3 is 2.04 bits per heavy atom. The minimum Gasteiger partial charge on any atom is -0.394 e. The van der Waals surface area contributed by atoms with Gasteiger partial charge in [0.25, 0.3) is 0 Å². The SMILES string of the molecule is C=C(C)[C@H]1CC[C@]2(C)CC[C@]3(C)[C@](C)(CC[C@H]4[C@]5(C)CC[C@H](O[C@@H]6O[C@@H](CO)[C@H](O[C@@H]7OC[C@H](O)[C@@H](O)[C@@H]7O)[C@@H](O)[C@H]6O)C(C)(C)[C@@H]5CC[C@]43C)[C@H]12. The third-order valence-corrected chi connectivity index (χ3v) is 18.0. The highest BCUT2D eigenvalue weighted by Crippen LogP contribution is 2.81. The summed E-state index contributed by atoms with van der Waals surface area (Å²) in [5.41, 5.74) is 2.39. The van der Waals surface area contributed by atoms with E-state index in [1.807, 2.05) is 0 Å². The zero-order chi connectivity index (χ0) is 38.0. The van der Waals surface area contributed by atoms with Gasteiger partial charge in [0.05, 0.1) is 19.3 Å². The Morgan fingerprint density at radius 1 is 0.712 bits per heavy atom. The predicted molar refractivity (Wildman–Crippen MR) is 195 cm³/mol. The highest BCUT2D eigenvalue weighted by Gasteiger charge is 2.74. The smallest absolute Gasteiger partial charge is 0.186 e. The average Bonchev–Trinajstić information content (AvgIpc) is 3.45. The lowest BCUT2D eigenvalue weighted by Crippen LogP contribution is -2.70. The molecule has 0 aromatic carbocycles. The van der Waals surface area contributed by atoms with Gasteiger partial charge in [-0.1, -0.05) is 60.6 Å². The van der Waals surface area contributed by atoms with E-state index >= 15 is 0 Å². The molecular formula is C42H70O10. The van der Waals surface area contributed by atoms with Crippen molar-refractivity contribution in [3.8, 4) is 0 Å². The summed E-state index contributed by atoms with van der Waals surface area (Å²) < 4.78 is 23.9. The second-order valence-electron chi connectivity index (χ2n) is 20.5. The first kappa shape index (κ1) is 39.6. The Kier molecular flexibility index (Phi) is 10.0. The molecule has 7 rings (SSSR count). The maximum absolute atomic E-state index is 11.3. The van der Waals surface area contributed by atoms with E-state index < -0.39 is 61.9 Å². The van der Waals surface area contributed by atoms with Crippen LogP contribution in [0.1, 0.15) is 120 Å². The second-order valence-corrected chi connectivity index (χ2v) is 20.5. The summed E-state index contributed by atoms with van der Waals surface area (Å²) in [5.74, 6) is 2.30. The largest absolute Gasteiger partial charge is 0.394 e. The molecule has 0 spiro atoms. The summed E-state index contributed by atoms with van der Waals surface area (Å²) in [6.45, 7) is 23.8. The maximum atomic E-state index is 11.3. The molecule has 0 amide bonds. The summed E-state index contributed by atoms with van der Waals surface area (Å²) in [6, 6.07) is 0. The third kappa shape index (κ3) is 5.46. The van der Waals surface area contributed by atoms with E-state index in [1.54, 1.807) is 0 Å². The Labute approximate surface area is 311 Å². The Morgan fingerprint density at radius 2 is 1.37 bits per heavy atom. The fraction of sp³-hybridized carbons (Fsp3) is 0.952. The van der Waals surface area contributed by atoms with Crippen LogP contribution >= 0.6 is 0 Å². The number of hydrogen-bond donors (Lipinski definition) is 6. The molecule has 0 aromatic heterocycles. The molecule has 6 N–H and O–H groups in total. The van der Waals surface area contributed by atoms with Gasteiger partial charge in [-0.15, -0.1) is 0 Å². The first-order chi connectivity index (χ1) is 24.2. The number of aliphatic hydroxyl groups is 6. The van der Waals surface area contributed by atoms with Crippen LogP contribution in [0.4, 0.5) is 0 Å². The van der Waals surface area contributed by atoms with E-state index in [-0.39, 0.29) is 39.8 Å². The van der Waals surface area contributed by atoms with Crippen molar-refractivity contribution in [2.45, 2.75) is 181 Å². The zero-order valence-electron chi connectivity index (χ0n) is 33.1. The maximum Gasteiger partial charge on any atom is 0.186 e. The first-order valence-corrected chi connectivity index (χ1v) is 20.4. The van der Waals surface area contributed by atoms with Crippen molar-refractivity contribution >= 4 is 0 Å². The quantitative estimate of drug-likeness (QED) is 0.167. The monoisotopic (exact) mass is 734 g/mol. The highest BCUT2D eigenvalue weighted by molar-refractivity contribution is 5.24. The summed E-state index contributed by atoms with van der Waals surface area (Å²) in [7, 11) is 0. The van der Waals surface area contributed by atoms with E-state index in [1.165, 1.54) is 50.5 Å². The molecule has 52 heavy (non-hydrogen) atoms. The molecule has 7 aliphatic rings. The Hall–Kier alpha value is -0.660. The molecule has 5 saturated carbocycles. The van der Waals surface area contributed by atoms with Crippen LogP contribution in [0, 0.1) is 56.2 Å². The molecule has 0 unspecified atom stereocenters. The standard InChI is InChI=1S/C42H70O10/c1-22(2)23-10-14-38(5)18-19-42(9)40(7)16-11-26-37(3,4)28(13-15-39(26,6)27(40)12-17-41(42,8)34(23)38)51-36-32(48)30(46)33(25(20-43)50-36)52-35-31(47)29(45)24(44)21-49-35/h23-36,43-48H,1,10-21H2,2-9H3/t23-,24+,25+,26+,27+,28+,29-,30+,31+,32-,33+,34-,35+,36+,38-,39-,40-,41-,42+/m1/s1. The summed E-state index contributed by atoms with van der Waals surface area (Å²) >= 11 is 0. The number of fused-ring (bicyclic) bond motifs is 7. The van der Waals surface area contributed by atoms with Gasteiger partial charge in [-0.3, -0.25) is 0 Å². The molecule has 0 bridgehead atoms. The van der Waals surface area contributed by atoms with Crippen molar-refractivity contribution in [2.24, 2.45) is 56.2 Å². The van der Waals surface area contributed by atoms with Gasteiger partial charge in [-0.2, -0.15) is 0 Å². The number of rotatable bonds is 6. The molecule has 10 heteroatoms. The lowest BCUT2D eigenvalue weighted by atomic mass is 9.29. The Bertz CT molecular complexity index is 1360. The van der Waals surface area contributed by atoms with Gasteiger partial charge in [0.15, 0.2) is 12.6 Å². The predicted octanol–water partition coefficient (Wildman–Crippen LogP) is 4.70. The van der Waals surface area contributed by atoms with Crippen LogP contribution in [0.25, 0.3) is 0 Å². The van der Waals surface area contributed by atoms with Crippen LogP contribution in [0.15, 0.2) is 12.2 Å². The number of allylic oxidation sites excluding steroid dienone is 1. The molecule has 2 saturated heterocycles. The summed E-state index contributed by atoms with van der Waals surface area (Å²) in [5, 5.41) is 63.2. The van der Waals surface area contributed by atoms with Gasteiger partial charge in [-0.05, 0) is 127 Å². The number of hydrogen-bond acceptors (Lipinski definition) is 10. The Balaban J connectivity index is 1.08. The molecule has 0 aromatic rings. The molecule has 0 radical (unpaired) electrons. The summed E-state index contributed by atoms with van der Waals surface area (Å²) in [4.78, 5) is 0. The van der Waals surface area contributed by atoms with Crippen molar-refractivity contribution in [2.75, 3.05) is 13.2 Å². The minimum atomic E-state index is -1.59. The van der Waals surface area contributed by atoms with Crippen LogP contribution in [0.2, 0.25) is 0 Å². The van der Waals surface area contributed by atoms with E-state index in [0.29, 0.717) is 29.1 Å². The van der Waals surface area contributed by atoms with Crippen LogP contribution < -0.4 is 0 Å². The normalized spacial score (nSPS) is 57.3. The van der Waals surface area contributed by atoms with Gasteiger partial charge < -0.3 is 49.6 Å². The highest BCUT2D eigenvalue weighted by atomic mass is 16.7. The van der Waals surface area contributed by atoms with Gasteiger partial charge in [0, 0.05) is 0 Å². The second kappa shape index (κ2) is 13.2. The molecule has 2 aliphatic heterocycles. The van der Waals surface area contributed by atoms with E-state index in [0.717, 1.165) is 19.3 Å². The molecule has 10 nitrogen and oxygen atoms in total. The fourth-order valence-electron chi connectivity index (χ4n) is 14.9. The van der Waals surface area contributed by atoms with Gasteiger partial charge >= 0.3 is 0 Å². The van der Waals surface area contributed by atoms with E-state index in [9.17, 15) is 30.6 Å². The van der Waals surface area contributed by atoms with Crippen molar-refractivity contribution in [3.05, 3.63) is 12.2 Å².